The molecular weight excluding hydrogens is 340 g/mol. The molecule has 0 aliphatic carbocycles. The van der Waals surface area contributed by atoms with Crippen LogP contribution in [0.4, 0.5) is 5.69 Å². The van der Waals surface area contributed by atoms with Crippen LogP contribution < -0.4 is 10.6 Å². The first-order valence-corrected chi connectivity index (χ1v) is 9.25. The van der Waals surface area contributed by atoms with Gasteiger partial charge in [-0.05, 0) is 44.0 Å². The molecular formula is C21H26N4O2. The van der Waals surface area contributed by atoms with Crippen molar-refractivity contribution in [1.82, 2.24) is 15.2 Å². The van der Waals surface area contributed by atoms with Gasteiger partial charge in [0, 0.05) is 43.6 Å². The lowest BCUT2D eigenvalue weighted by molar-refractivity contribution is -0.136. The fourth-order valence-corrected chi connectivity index (χ4v) is 3.34. The van der Waals surface area contributed by atoms with Crippen LogP contribution in [0.5, 0.6) is 0 Å². The molecule has 0 bridgehead atoms. The molecule has 1 saturated heterocycles. The minimum atomic E-state index is -0.786. The Morgan fingerprint density at radius 3 is 2.67 bits per heavy atom. The summed E-state index contributed by atoms with van der Waals surface area (Å²) in [5.41, 5.74) is 1.07. The molecule has 2 amide bonds. The van der Waals surface area contributed by atoms with Crippen molar-refractivity contribution in [2.75, 3.05) is 11.9 Å². The lowest BCUT2D eigenvalue weighted by Gasteiger charge is -2.34. The second-order valence-electron chi connectivity index (χ2n) is 7.47. The zero-order chi connectivity index (χ0) is 19.3. The number of nitrogens with zero attached hydrogens (tertiary/aromatic N) is 2. The Bertz CT molecular complexity index is 777. The molecule has 3 rings (SSSR count). The van der Waals surface area contributed by atoms with E-state index < -0.39 is 5.54 Å². The highest BCUT2D eigenvalue weighted by Gasteiger charge is 2.34. The quantitative estimate of drug-likeness (QED) is 0.790. The summed E-state index contributed by atoms with van der Waals surface area (Å²) in [4.78, 5) is 30.9. The summed E-state index contributed by atoms with van der Waals surface area (Å²) in [5.74, 6) is 0.0341. The third-order valence-corrected chi connectivity index (χ3v) is 4.67. The number of nitrogens with one attached hydrogen (secondary N) is 2. The second kappa shape index (κ2) is 8.20. The van der Waals surface area contributed by atoms with Gasteiger partial charge in [-0.25, -0.2) is 0 Å². The molecule has 2 N–H and O–H groups in total. The molecule has 1 aliphatic heterocycles. The number of carbonyl (C=O) groups excluding carboxylic acids is 2. The number of carbonyl (C=O) groups is 2. The molecule has 6 nitrogen and oxygen atoms in total. The maximum Gasteiger partial charge on any atom is 0.248 e. The zero-order valence-corrected chi connectivity index (χ0v) is 15.8. The summed E-state index contributed by atoms with van der Waals surface area (Å²) in [6.07, 6.45) is 4.76. The van der Waals surface area contributed by atoms with E-state index in [4.69, 9.17) is 0 Å². The average Bonchev–Trinajstić information content (AvgIpc) is 3.07. The summed E-state index contributed by atoms with van der Waals surface area (Å²) < 4.78 is 0. The third-order valence-electron chi connectivity index (χ3n) is 4.67. The van der Waals surface area contributed by atoms with Crippen LogP contribution in [0.25, 0.3) is 0 Å². The van der Waals surface area contributed by atoms with Crippen LogP contribution in [0.3, 0.4) is 0 Å². The van der Waals surface area contributed by atoms with E-state index in [1.807, 2.05) is 61.2 Å². The van der Waals surface area contributed by atoms with Gasteiger partial charge in [-0.1, -0.05) is 24.3 Å². The van der Waals surface area contributed by atoms with E-state index in [9.17, 15) is 9.59 Å². The first-order chi connectivity index (χ1) is 12.9. The largest absolute Gasteiger partial charge is 0.372 e. The number of amides is 2. The molecule has 0 saturated carbocycles. The maximum absolute atomic E-state index is 13.4. The standard InChI is InChI=1S/C21H26N4O2/c1-21(2,24-17-8-4-3-5-9-17)20(27)25(14-16-7-6-12-22-13-16)15-18-10-11-19(26)23-18/h3-9,12-13,18,24H,10-11,14-15H2,1-2H3,(H,23,26)/t18-/m0/s1. The Hall–Kier alpha value is -2.89. The molecule has 1 atom stereocenters. The van der Waals surface area contributed by atoms with Crippen molar-refractivity contribution in [2.45, 2.75) is 44.8 Å². The Kier molecular flexibility index (Phi) is 5.74. The Labute approximate surface area is 160 Å². The highest BCUT2D eigenvalue weighted by molar-refractivity contribution is 5.88. The molecule has 0 spiro atoms. The van der Waals surface area contributed by atoms with Crippen LogP contribution in [-0.4, -0.2) is 39.8 Å². The van der Waals surface area contributed by atoms with E-state index in [0.29, 0.717) is 19.5 Å². The smallest absolute Gasteiger partial charge is 0.248 e. The van der Waals surface area contributed by atoms with Crippen LogP contribution in [0.15, 0.2) is 54.9 Å². The minimum absolute atomic E-state index is 0.00866. The number of rotatable bonds is 7. The number of anilines is 1. The number of hydrogen-bond donors (Lipinski definition) is 2. The first kappa shape index (κ1) is 18.9. The predicted octanol–water partition coefficient (Wildman–Crippen LogP) is 2.58. The number of pyridine rings is 1. The van der Waals surface area contributed by atoms with Crippen molar-refractivity contribution in [3.8, 4) is 0 Å². The van der Waals surface area contributed by atoms with Crippen molar-refractivity contribution < 1.29 is 9.59 Å². The van der Waals surface area contributed by atoms with Gasteiger partial charge in [0.25, 0.3) is 0 Å². The molecule has 2 aromatic rings. The zero-order valence-electron chi connectivity index (χ0n) is 15.8. The van der Waals surface area contributed by atoms with Gasteiger partial charge in [0.2, 0.25) is 11.8 Å². The van der Waals surface area contributed by atoms with Gasteiger partial charge in [-0.2, -0.15) is 0 Å². The molecule has 0 unspecified atom stereocenters. The molecule has 6 heteroatoms. The Morgan fingerprint density at radius 2 is 2.04 bits per heavy atom. The van der Waals surface area contributed by atoms with Gasteiger partial charge in [0.05, 0.1) is 0 Å². The SMILES string of the molecule is CC(C)(Nc1ccccc1)C(=O)N(Cc1cccnc1)C[C@@H]1CCC(=O)N1. The van der Waals surface area contributed by atoms with Crippen molar-refractivity contribution >= 4 is 17.5 Å². The summed E-state index contributed by atoms with van der Waals surface area (Å²) in [6, 6.07) is 13.5. The summed E-state index contributed by atoms with van der Waals surface area (Å²) in [6.45, 7) is 4.70. The van der Waals surface area contributed by atoms with Gasteiger partial charge in [0.15, 0.2) is 0 Å². The van der Waals surface area contributed by atoms with E-state index in [1.165, 1.54) is 0 Å². The lowest BCUT2D eigenvalue weighted by Crippen LogP contribution is -2.52. The third kappa shape index (κ3) is 5.06. The van der Waals surface area contributed by atoms with Crippen molar-refractivity contribution in [3.63, 3.8) is 0 Å². The van der Waals surface area contributed by atoms with Crippen LogP contribution in [0, 0.1) is 0 Å². The lowest BCUT2D eigenvalue weighted by atomic mass is 10.0. The van der Waals surface area contributed by atoms with Crippen LogP contribution in [0.2, 0.25) is 0 Å². The van der Waals surface area contributed by atoms with Gasteiger partial charge < -0.3 is 15.5 Å². The summed E-state index contributed by atoms with van der Waals surface area (Å²) >= 11 is 0. The number of hydrogen-bond acceptors (Lipinski definition) is 4. The minimum Gasteiger partial charge on any atom is -0.372 e. The molecule has 142 valence electrons. The van der Waals surface area contributed by atoms with E-state index in [0.717, 1.165) is 17.7 Å². The molecule has 1 fully saturated rings. The van der Waals surface area contributed by atoms with E-state index >= 15 is 0 Å². The number of benzene rings is 1. The van der Waals surface area contributed by atoms with E-state index in [2.05, 4.69) is 15.6 Å². The fraction of sp³-hybridized carbons (Fsp3) is 0.381. The van der Waals surface area contributed by atoms with Crippen LogP contribution in [0.1, 0.15) is 32.3 Å². The second-order valence-corrected chi connectivity index (χ2v) is 7.47. The van der Waals surface area contributed by atoms with Crippen LogP contribution in [-0.2, 0) is 16.1 Å². The molecule has 27 heavy (non-hydrogen) atoms. The monoisotopic (exact) mass is 366 g/mol. The first-order valence-electron chi connectivity index (χ1n) is 9.25. The van der Waals surface area contributed by atoms with Crippen molar-refractivity contribution in [2.24, 2.45) is 0 Å². The number of para-hydroxylation sites is 1. The van der Waals surface area contributed by atoms with E-state index in [1.54, 1.807) is 12.4 Å². The predicted molar refractivity (Wildman–Crippen MR) is 105 cm³/mol. The van der Waals surface area contributed by atoms with Crippen LogP contribution >= 0.6 is 0 Å². The molecule has 1 aromatic carbocycles. The fourth-order valence-electron chi connectivity index (χ4n) is 3.34. The van der Waals surface area contributed by atoms with Gasteiger partial charge in [-0.15, -0.1) is 0 Å². The Balaban J connectivity index is 1.77. The highest BCUT2D eigenvalue weighted by atomic mass is 16.2. The van der Waals surface area contributed by atoms with Crippen molar-refractivity contribution in [1.29, 1.82) is 0 Å². The molecule has 2 heterocycles. The normalized spacial score (nSPS) is 16.7. The van der Waals surface area contributed by atoms with Crippen molar-refractivity contribution in [3.05, 3.63) is 60.4 Å². The van der Waals surface area contributed by atoms with Gasteiger partial charge in [0.1, 0.15) is 5.54 Å². The molecule has 1 aliphatic rings. The summed E-state index contributed by atoms with van der Waals surface area (Å²) in [7, 11) is 0. The molecule has 0 radical (unpaired) electrons. The van der Waals surface area contributed by atoms with Gasteiger partial charge in [-0.3, -0.25) is 14.6 Å². The Morgan fingerprint density at radius 1 is 1.26 bits per heavy atom. The average molecular weight is 366 g/mol. The highest BCUT2D eigenvalue weighted by Crippen LogP contribution is 2.20. The summed E-state index contributed by atoms with van der Waals surface area (Å²) in [5, 5.41) is 6.28. The topological polar surface area (TPSA) is 74.3 Å². The maximum atomic E-state index is 13.4. The number of aromatic nitrogens is 1. The van der Waals surface area contributed by atoms with E-state index in [-0.39, 0.29) is 17.9 Å². The van der Waals surface area contributed by atoms with Gasteiger partial charge >= 0.3 is 0 Å². The molecule has 1 aromatic heterocycles.